The second-order valence-electron chi connectivity index (χ2n) is 11.0. The fourth-order valence-corrected chi connectivity index (χ4v) is 5.15. The summed E-state index contributed by atoms with van der Waals surface area (Å²) in [6.45, 7) is 6.89. The van der Waals surface area contributed by atoms with Crippen molar-refractivity contribution in [3.8, 4) is 5.69 Å². The first-order valence-electron chi connectivity index (χ1n) is 14.5. The van der Waals surface area contributed by atoms with Crippen molar-refractivity contribution in [2.75, 3.05) is 13.1 Å². The summed E-state index contributed by atoms with van der Waals surface area (Å²) in [5, 5.41) is 21.9. The molecular formula is C30H36N10O3. The van der Waals surface area contributed by atoms with Crippen LogP contribution in [0.1, 0.15) is 60.3 Å². The van der Waals surface area contributed by atoms with Gasteiger partial charge in [0.2, 0.25) is 11.8 Å². The van der Waals surface area contributed by atoms with Gasteiger partial charge in [0, 0.05) is 31.5 Å². The molecule has 224 valence electrons. The third-order valence-corrected chi connectivity index (χ3v) is 7.41. The van der Waals surface area contributed by atoms with Crippen molar-refractivity contribution in [2.24, 2.45) is 5.92 Å². The lowest BCUT2D eigenvalue weighted by Gasteiger charge is -2.28. The lowest BCUT2D eigenvalue weighted by molar-refractivity contribution is -0.129. The van der Waals surface area contributed by atoms with Gasteiger partial charge in [0.15, 0.2) is 0 Å². The molecule has 43 heavy (non-hydrogen) atoms. The number of amides is 3. The van der Waals surface area contributed by atoms with Gasteiger partial charge in [-0.05, 0) is 59.5 Å². The minimum atomic E-state index is -0.770. The summed E-state index contributed by atoms with van der Waals surface area (Å²) in [7, 11) is 0. The highest BCUT2D eigenvalue weighted by Crippen LogP contribution is 2.22. The Bertz CT molecular complexity index is 1530. The molecule has 0 saturated carbocycles. The predicted molar refractivity (Wildman–Crippen MR) is 157 cm³/mol. The van der Waals surface area contributed by atoms with Crippen LogP contribution in [0.4, 0.5) is 0 Å². The van der Waals surface area contributed by atoms with E-state index in [0.717, 1.165) is 11.3 Å². The number of fused-ring (bicyclic) bond motifs is 1. The number of tetrazole rings is 1. The van der Waals surface area contributed by atoms with E-state index in [1.165, 1.54) is 11.0 Å². The number of benzene rings is 2. The Morgan fingerprint density at radius 2 is 1.77 bits per heavy atom. The van der Waals surface area contributed by atoms with Gasteiger partial charge in [-0.3, -0.25) is 14.4 Å². The van der Waals surface area contributed by atoms with Gasteiger partial charge in [-0.15, -0.1) is 5.10 Å². The Kier molecular flexibility index (Phi) is 9.18. The molecule has 13 nitrogen and oxygen atoms in total. The van der Waals surface area contributed by atoms with E-state index in [-0.39, 0.29) is 30.1 Å². The molecule has 1 aliphatic rings. The average molecular weight is 585 g/mol. The number of nitrogens with one attached hydrogen (secondary N) is 2. The molecule has 0 saturated heterocycles. The molecule has 0 bridgehead atoms. The molecule has 3 heterocycles. The van der Waals surface area contributed by atoms with E-state index in [2.05, 4.69) is 36.2 Å². The predicted octanol–water partition coefficient (Wildman–Crippen LogP) is 2.04. The van der Waals surface area contributed by atoms with Crippen molar-refractivity contribution in [1.82, 2.24) is 50.5 Å². The molecule has 0 fully saturated rings. The smallest absolute Gasteiger partial charge is 0.253 e. The summed E-state index contributed by atoms with van der Waals surface area (Å²) in [6.07, 6.45) is 2.43. The van der Waals surface area contributed by atoms with Crippen molar-refractivity contribution >= 4 is 17.7 Å². The number of aryl methyl sites for hydroxylation is 1. The third-order valence-electron chi connectivity index (χ3n) is 7.41. The molecule has 4 aromatic rings. The maximum Gasteiger partial charge on any atom is 0.253 e. The number of rotatable bonds is 5. The third kappa shape index (κ3) is 7.29. The van der Waals surface area contributed by atoms with Crippen LogP contribution in [-0.2, 0) is 22.6 Å². The van der Waals surface area contributed by atoms with Gasteiger partial charge in [0.25, 0.3) is 5.91 Å². The standard InChI is InChI=1S/C30H36N10O3/c1-20(2)27-28-32-21(3)35-39(28)17-16-38(30(43)23-11-13-24(14-12-23)40-19-31-36-37-40)15-7-10-26(41)33-25(29(42)34-27)18-22-8-5-4-6-9-22/h4-6,8-9,11-14,19-20,25,27H,7,10,15-18H2,1-3H3,(H,33,41)(H,34,42)/t25-,27+/m0/s1. The number of aromatic nitrogens is 7. The minimum Gasteiger partial charge on any atom is -0.344 e. The molecule has 2 N–H and O–H groups in total. The summed E-state index contributed by atoms with van der Waals surface area (Å²) in [6, 6.07) is 15.4. The summed E-state index contributed by atoms with van der Waals surface area (Å²) in [5.74, 6) is 0.493. The zero-order valence-electron chi connectivity index (χ0n) is 24.6. The SMILES string of the molecule is Cc1nc2n(n1)CCN(C(=O)c1ccc(-n3cnnn3)cc1)CCCC(=O)N[C@@H](Cc1ccccc1)C(=O)N[C@@H]2C(C)C. The molecule has 2 aromatic heterocycles. The normalized spacial score (nSPS) is 18.5. The molecule has 13 heteroatoms. The number of nitrogens with zero attached hydrogens (tertiary/aromatic N) is 8. The van der Waals surface area contributed by atoms with Crippen molar-refractivity contribution in [1.29, 1.82) is 0 Å². The maximum absolute atomic E-state index is 13.7. The monoisotopic (exact) mass is 584 g/mol. The fraction of sp³-hybridized carbons (Fsp3) is 0.400. The Morgan fingerprint density at radius 1 is 1.00 bits per heavy atom. The lowest BCUT2D eigenvalue weighted by Crippen LogP contribution is -2.50. The summed E-state index contributed by atoms with van der Waals surface area (Å²) >= 11 is 0. The zero-order chi connectivity index (χ0) is 30.3. The first kappa shape index (κ1) is 29.5. The van der Waals surface area contributed by atoms with Gasteiger partial charge >= 0.3 is 0 Å². The van der Waals surface area contributed by atoms with Gasteiger partial charge in [-0.2, -0.15) is 5.10 Å². The highest BCUT2D eigenvalue weighted by atomic mass is 16.2. The molecule has 2 atom stereocenters. The number of hydrogen-bond donors (Lipinski definition) is 2. The Hall–Kier alpha value is -4.94. The van der Waals surface area contributed by atoms with Crippen molar-refractivity contribution in [3.05, 3.63) is 83.7 Å². The average Bonchev–Trinajstić information content (AvgIpc) is 3.67. The van der Waals surface area contributed by atoms with Crippen LogP contribution in [-0.4, -0.2) is 76.7 Å². The first-order chi connectivity index (χ1) is 20.8. The number of carbonyl (C=O) groups excluding carboxylic acids is 3. The molecule has 2 aromatic carbocycles. The second kappa shape index (κ2) is 13.4. The lowest BCUT2D eigenvalue weighted by atomic mass is 10.0. The Labute approximate surface area is 249 Å². The van der Waals surface area contributed by atoms with Crippen LogP contribution in [0.2, 0.25) is 0 Å². The fourth-order valence-electron chi connectivity index (χ4n) is 5.15. The van der Waals surface area contributed by atoms with Crippen LogP contribution in [0.3, 0.4) is 0 Å². The van der Waals surface area contributed by atoms with Gasteiger partial charge in [-0.1, -0.05) is 44.2 Å². The van der Waals surface area contributed by atoms with E-state index in [9.17, 15) is 14.4 Å². The van der Waals surface area contributed by atoms with Gasteiger partial charge < -0.3 is 15.5 Å². The van der Waals surface area contributed by atoms with Gasteiger partial charge in [0.1, 0.15) is 24.0 Å². The molecule has 3 amide bonds. The van der Waals surface area contributed by atoms with E-state index in [4.69, 9.17) is 0 Å². The van der Waals surface area contributed by atoms with E-state index < -0.39 is 12.1 Å². The zero-order valence-corrected chi connectivity index (χ0v) is 24.6. The van der Waals surface area contributed by atoms with Crippen molar-refractivity contribution in [3.63, 3.8) is 0 Å². The van der Waals surface area contributed by atoms with E-state index in [1.54, 1.807) is 40.8 Å². The maximum atomic E-state index is 13.7. The molecule has 0 aliphatic carbocycles. The molecule has 0 radical (unpaired) electrons. The van der Waals surface area contributed by atoms with Crippen LogP contribution in [0.5, 0.6) is 0 Å². The first-order valence-corrected chi connectivity index (χ1v) is 14.5. The van der Waals surface area contributed by atoms with Crippen LogP contribution in [0, 0.1) is 12.8 Å². The summed E-state index contributed by atoms with van der Waals surface area (Å²) < 4.78 is 3.29. The molecule has 0 unspecified atom stereocenters. The number of carbonyl (C=O) groups is 3. The highest BCUT2D eigenvalue weighted by molar-refractivity contribution is 5.94. The van der Waals surface area contributed by atoms with Crippen molar-refractivity contribution < 1.29 is 14.4 Å². The molecular weight excluding hydrogens is 548 g/mol. The Balaban J connectivity index is 1.42. The van der Waals surface area contributed by atoms with Crippen LogP contribution in [0.15, 0.2) is 60.9 Å². The summed E-state index contributed by atoms with van der Waals surface area (Å²) in [4.78, 5) is 46.8. The van der Waals surface area contributed by atoms with Crippen molar-refractivity contribution in [2.45, 2.75) is 58.7 Å². The molecule has 1 aliphatic heterocycles. The second-order valence-corrected chi connectivity index (χ2v) is 11.0. The van der Waals surface area contributed by atoms with Gasteiger partial charge in [0.05, 0.1) is 18.3 Å². The van der Waals surface area contributed by atoms with E-state index in [1.807, 2.05) is 44.2 Å². The van der Waals surface area contributed by atoms with Crippen LogP contribution in [0.25, 0.3) is 5.69 Å². The topological polar surface area (TPSA) is 153 Å². The Morgan fingerprint density at radius 3 is 2.47 bits per heavy atom. The van der Waals surface area contributed by atoms with Crippen LogP contribution < -0.4 is 10.6 Å². The van der Waals surface area contributed by atoms with E-state index >= 15 is 0 Å². The quantitative estimate of drug-likeness (QED) is 0.362. The minimum absolute atomic E-state index is 0.0104. The van der Waals surface area contributed by atoms with E-state index in [0.29, 0.717) is 49.7 Å². The largest absolute Gasteiger partial charge is 0.344 e. The number of hydrogen-bond acceptors (Lipinski definition) is 8. The molecule has 5 rings (SSSR count). The van der Waals surface area contributed by atoms with Crippen LogP contribution >= 0.6 is 0 Å². The van der Waals surface area contributed by atoms with Gasteiger partial charge in [-0.25, -0.2) is 14.3 Å². The highest BCUT2D eigenvalue weighted by Gasteiger charge is 2.30. The molecule has 0 spiro atoms. The summed E-state index contributed by atoms with van der Waals surface area (Å²) in [5.41, 5.74) is 2.17.